The molecule has 0 saturated carbocycles. The first kappa shape index (κ1) is 13.4. The highest BCUT2D eigenvalue weighted by Gasteiger charge is 2.24. The van der Waals surface area contributed by atoms with E-state index in [1.54, 1.807) is 4.90 Å². The fourth-order valence-corrected chi connectivity index (χ4v) is 2.19. The van der Waals surface area contributed by atoms with Crippen LogP contribution in [0, 0.1) is 0 Å². The zero-order valence-corrected chi connectivity index (χ0v) is 10.9. The van der Waals surface area contributed by atoms with E-state index in [9.17, 15) is 9.59 Å². The number of hydrogen-bond donors (Lipinski definition) is 1. The van der Waals surface area contributed by atoms with E-state index in [1.807, 2.05) is 25.1 Å². The number of aryl methyl sites for hydroxylation is 1. The number of amides is 1. The Morgan fingerprint density at radius 3 is 2.95 bits per heavy atom. The van der Waals surface area contributed by atoms with Crippen LogP contribution in [0.4, 0.5) is 5.69 Å². The predicted molar refractivity (Wildman–Crippen MR) is 70.5 cm³/mol. The van der Waals surface area contributed by atoms with Gasteiger partial charge in [0.2, 0.25) is 0 Å². The van der Waals surface area contributed by atoms with Crippen LogP contribution in [-0.4, -0.2) is 30.1 Å². The maximum atomic E-state index is 11.7. The van der Waals surface area contributed by atoms with Gasteiger partial charge in [0.25, 0.3) is 5.91 Å². The molecule has 1 heterocycles. The van der Waals surface area contributed by atoms with Gasteiger partial charge in [-0.15, -0.1) is 0 Å². The lowest BCUT2D eigenvalue weighted by Crippen LogP contribution is -2.38. The predicted octanol–water partition coefficient (Wildman–Crippen LogP) is 1.84. The third kappa shape index (κ3) is 3.05. The Labute approximate surface area is 111 Å². The summed E-state index contributed by atoms with van der Waals surface area (Å²) >= 11 is 0. The van der Waals surface area contributed by atoms with Gasteiger partial charge < -0.3 is 14.7 Å². The highest BCUT2D eigenvalue weighted by Crippen LogP contribution is 2.33. The van der Waals surface area contributed by atoms with Gasteiger partial charge in [0.1, 0.15) is 5.75 Å². The number of carbonyl (C=O) groups excluding carboxylic acids is 1. The van der Waals surface area contributed by atoms with Crippen molar-refractivity contribution in [3.05, 3.63) is 23.8 Å². The third-order valence-corrected chi connectivity index (χ3v) is 3.14. The van der Waals surface area contributed by atoms with Crippen LogP contribution in [-0.2, 0) is 16.0 Å². The van der Waals surface area contributed by atoms with E-state index in [1.165, 1.54) is 0 Å². The molecule has 102 valence electrons. The molecular formula is C14H17NO4. The minimum Gasteiger partial charge on any atom is -0.482 e. The van der Waals surface area contributed by atoms with Crippen LogP contribution in [0.2, 0.25) is 0 Å². The number of fused-ring (bicyclic) bond motifs is 1. The van der Waals surface area contributed by atoms with Crippen molar-refractivity contribution in [3.63, 3.8) is 0 Å². The fourth-order valence-electron chi connectivity index (χ4n) is 2.19. The molecule has 0 radical (unpaired) electrons. The normalized spacial score (nSPS) is 13.9. The van der Waals surface area contributed by atoms with Crippen LogP contribution < -0.4 is 9.64 Å². The van der Waals surface area contributed by atoms with Crippen molar-refractivity contribution in [2.75, 3.05) is 18.1 Å². The molecule has 0 aliphatic carbocycles. The van der Waals surface area contributed by atoms with Crippen molar-refractivity contribution < 1.29 is 19.4 Å². The molecule has 1 aromatic rings. The van der Waals surface area contributed by atoms with Crippen LogP contribution in [0.5, 0.6) is 5.75 Å². The van der Waals surface area contributed by atoms with Crippen LogP contribution in [0.25, 0.3) is 0 Å². The first-order valence-corrected chi connectivity index (χ1v) is 6.39. The number of nitrogens with zero attached hydrogens (tertiary/aromatic N) is 1. The molecule has 1 aromatic carbocycles. The van der Waals surface area contributed by atoms with Crippen LogP contribution >= 0.6 is 0 Å². The SMILES string of the molecule is CCN1C(=O)COc2ccc(CCCC(=O)O)cc21. The Kier molecular flexibility index (Phi) is 4.04. The highest BCUT2D eigenvalue weighted by atomic mass is 16.5. The van der Waals surface area contributed by atoms with E-state index in [0.717, 1.165) is 11.3 Å². The van der Waals surface area contributed by atoms with Gasteiger partial charge in [-0.1, -0.05) is 6.07 Å². The minimum absolute atomic E-state index is 0.0438. The molecule has 2 rings (SSSR count). The van der Waals surface area contributed by atoms with E-state index in [0.29, 0.717) is 25.1 Å². The largest absolute Gasteiger partial charge is 0.482 e. The van der Waals surface area contributed by atoms with Crippen LogP contribution in [0.15, 0.2) is 18.2 Å². The van der Waals surface area contributed by atoms with Crippen molar-refractivity contribution in [3.8, 4) is 5.75 Å². The fraction of sp³-hybridized carbons (Fsp3) is 0.429. The molecule has 0 unspecified atom stereocenters. The Hall–Kier alpha value is -2.04. The summed E-state index contributed by atoms with van der Waals surface area (Å²) in [6, 6.07) is 5.68. The number of aliphatic carboxylic acids is 1. The molecule has 5 heteroatoms. The second kappa shape index (κ2) is 5.73. The molecule has 0 spiro atoms. The Morgan fingerprint density at radius 2 is 2.26 bits per heavy atom. The van der Waals surface area contributed by atoms with Gasteiger partial charge in [0.15, 0.2) is 6.61 Å². The lowest BCUT2D eigenvalue weighted by molar-refractivity contribution is -0.137. The summed E-state index contributed by atoms with van der Waals surface area (Å²) in [6.07, 6.45) is 1.43. The molecule has 0 aromatic heterocycles. The monoisotopic (exact) mass is 263 g/mol. The molecule has 0 bridgehead atoms. The number of benzene rings is 1. The number of anilines is 1. The lowest BCUT2D eigenvalue weighted by Gasteiger charge is -2.28. The Bertz CT molecular complexity index is 498. The van der Waals surface area contributed by atoms with Gasteiger partial charge in [-0.25, -0.2) is 0 Å². The number of ether oxygens (including phenoxy) is 1. The van der Waals surface area contributed by atoms with Gasteiger partial charge in [0, 0.05) is 13.0 Å². The molecule has 0 fully saturated rings. The van der Waals surface area contributed by atoms with Gasteiger partial charge >= 0.3 is 5.97 Å². The number of carboxylic acids is 1. The zero-order chi connectivity index (χ0) is 13.8. The third-order valence-electron chi connectivity index (χ3n) is 3.14. The van der Waals surface area contributed by atoms with Crippen molar-refractivity contribution in [2.45, 2.75) is 26.2 Å². The van der Waals surface area contributed by atoms with Gasteiger partial charge in [-0.2, -0.15) is 0 Å². The summed E-state index contributed by atoms with van der Waals surface area (Å²) in [5.74, 6) is -0.118. The average Bonchev–Trinajstić information content (AvgIpc) is 2.38. The summed E-state index contributed by atoms with van der Waals surface area (Å²) in [5.41, 5.74) is 1.81. The topological polar surface area (TPSA) is 66.8 Å². The molecular weight excluding hydrogens is 246 g/mol. The molecule has 0 saturated heterocycles. The second-order valence-electron chi connectivity index (χ2n) is 4.48. The van der Waals surface area contributed by atoms with Gasteiger partial charge in [-0.05, 0) is 37.5 Å². The van der Waals surface area contributed by atoms with E-state index in [2.05, 4.69) is 0 Å². The number of carboxylic acid groups (broad SMARTS) is 1. The molecule has 1 aliphatic heterocycles. The van der Waals surface area contributed by atoms with Crippen molar-refractivity contribution in [2.24, 2.45) is 0 Å². The summed E-state index contributed by atoms with van der Waals surface area (Å²) in [6.45, 7) is 2.61. The number of hydrogen-bond acceptors (Lipinski definition) is 3. The van der Waals surface area contributed by atoms with Crippen LogP contribution in [0.1, 0.15) is 25.3 Å². The van der Waals surface area contributed by atoms with Crippen molar-refractivity contribution in [1.82, 2.24) is 0 Å². The molecule has 1 N–H and O–H groups in total. The number of rotatable bonds is 5. The Morgan fingerprint density at radius 1 is 1.47 bits per heavy atom. The second-order valence-corrected chi connectivity index (χ2v) is 4.48. The molecule has 1 aliphatic rings. The maximum Gasteiger partial charge on any atom is 0.303 e. The van der Waals surface area contributed by atoms with Gasteiger partial charge in [0.05, 0.1) is 5.69 Å². The summed E-state index contributed by atoms with van der Waals surface area (Å²) in [4.78, 5) is 23.9. The highest BCUT2D eigenvalue weighted by molar-refractivity contribution is 5.97. The Balaban J connectivity index is 2.14. The first-order chi connectivity index (χ1) is 9.11. The molecule has 1 amide bonds. The van der Waals surface area contributed by atoms with E-state index in [4.69, 9.17) is 9.84 Å². The first-order valence-electron chi connectivity index (χ1n) is 6.39. The minimum atomic E-state index is -0.786. The molecule has 5 nitrogen and oxygen atoms in total. The quantitative estimate of drug-likeness (QED) is 0.880. The van der Waals surface area contributed by atoms with Crippen molar-refractivity contribution >= 4 is 17.6 Å². The van der Waals surface area contributed by atoms with E-state index >= 15 is 0 Å². The number of carbonyl (C=O) groups is 2. The summed E-state index contributed by atoms with van der Waals surface area (Å²) < 4.78 is 5.38. The van der Waals surface area contributed by atoms with Crippen molar-refractivity contribution in [1.29, 1.82) is 0 Å². The zero-order valence-electron chi connectivity index (χ0n) is 10.9. The lowest BCUT2D eigenvalue weighted by atomic mass is 10.1. The van der Waals surface area contributed by atoms with Gasteiger partial charge in [-0.3, -0.25) is 9.59 Å². The maximum absolute atomic E-state index is 11.7. The smallest absolute Gasteiger partial charge is 0.303 e. The van der Waals surface area contributed by atoms with E-state index < -0.39 is 5.97 Å². The average molecular weight is 263 g/mol. The molecule has 19 heavy (non-hydrogen) atoms. The molecule has 0 atom stereocenters. The standard InChI is InChI=1S/C14H17NO4/c1-2-15-11-8-10(4-3-5-14(17)18)6-7-12(11)19-9-13(15)16/h6-8H,2-5,9H2,1H3,(H,17,18). The summed E-state index contributed by atoms with van der Waals surface area (Å²) in [5, 5.41) is 8.63. The van der Waals surface area contributed by atoms with E-state index in [-0.39, 0.29) is 18.9 Å². The van der Waals surface area contributed by atoms with Crippen LogP contribution in [0.3, 0.4) is 0 Å². The number of likely N-dealkylation sites (N-methyl/N-ethyl adjacent to an activating group) is 1. The summed E-state index contributed by atoms with van der Waals surface area (Å²) in [7, 11) is 0.